The van der Waals surface area contributed by atoms with Gasteiger partial charge in [0.2, 0.25) is 0 Å². The summed E-state index contributed by atoms with van der Waals surface area (Å²) >= 11 is 1.59. The number of hydrogen-bond donors (Lipinski definition) is 3. The molecule has 1 unspecified atom stereocenters. The molecule has 0 aromatic carbocycles. The van der Waals surface area contributed by atoms with Gasteiger partial charge in [-0.1, -0.05) is 11.8 Å². The number of aliphatic hydroxyl groups is 3. The van der Waals surface area contributed by atoms with Crippen LogP contribution in [0, 0.1) is 5.92 Å². The molecule has 0 saturated heterocycles. The van der Waals surface area contributed by atoms with Gasteiger partial charge in [0.1, 0.15) is 0 Å². The van der Waals surface area contributed by atoms with Crippen LogP contribution < -0.4 is 0 Å². The maximum Gasteiger partial charge on any atom is 0.159 e. The van der Waals surface area contributed by atoms with Crippen LogP contribution in [0.25, 0.3) is 0 Å². The molecule has 0 radical (unpaired) electrons. The van der Waals surface area contributed by atoms with Crippen molar-refractivity contribution in [3.8, 4) is 0 Å². The van der Waals surface area contributed by atoms with Crippen molar-refractivity contribution in [2.24, 2.45) is 10.9 Å². The summed E-state index contributed by atoms with van der Waals surface area (Å²) in [6, 6.07) is 0. The van der Waals surface area contributed by atoms with Crippen molar-refractivity contribution in [1.82, 2.24) is 4.90 Å². The lowest BCUT2D eigenvalue weighted by atomic mass is 9.95. The highest BCUT2D eigenvalue weighted by Crippen LogP contribution is 2.31. The average molecular weight is 276 g/mol. The van der Waals surface area contributed by atoms with Gasteiger partial charge < -0.3 is 20.2 Å². The Balaban J connectivity index is 2.61. The molecular formula is C12H24N2O3S. The normalized spacial score (nSPS) is 24.6. The molecule has 0 spiro atoms. The first-order valence-electron chi connectivity index (χ1n) is 6.48. The molecule has 0 bridgehead atoms. The van der Waals surface area contributed by atoms with Gasteiger partial charge in [0.05, 0.1) is 18.8 Å². The van der Waals surface area contributed by atoms with Crippen LogP contribution in [0.2, 0.25) is 0 Å². The van der Waals surface area contributed by atoms with Gasteiger partial charge in [0, 0.05) is 30.9 Å². The lowest BCUT2D eigenvalue weighted by Crippen LogP contribution is -2.40. The van der Waals surface area contributed by atoms with E-state index in [0.29, 0.717) is 6.54 Å². The van der Waals surface area contributed by atoms with E-state index in [9.17, 15) is 15.3 Å². The zero-order valence-corrected chi connectivity index (χ0v) is 12.1. The fourth-order valence-corrected chi connectivity index (χ4v) is 3.47. The summed E-state index contributed by atoms with van der Waals surface area (Å²) in [6.45, 7) is 7.95. The van der Waals surface area contributed by atoms with E-state index in [2.05, 4.69) is 23.7 Å². The number of hydrogen-bond acceptors (Lipinski definition) is 6. The molecule has 1 aliphatic heterocycles. The predicted octanol–water partition coefficient (Wildman–Crippen LogP) is 0.150. The molecule has 1 rings (SSSR count). The minimum absolute atomic E-state index is 0.0372. The van der Waals surface area contributed by atoms with Gasteiger partial charge in [-0.15, -0.1) is 0 Å². The Kier molecular flexibility index (Phi) is 6.42. The number of nitrogens with zero attached hydrogens (tertiary/aromatic N) is 2. The van der Waals surface area contributed by atoms with Crippen LogP contribution in [0.15, 0.2) is 4.99 Å². The summed E-state index contributed by atoms with van der Waals surface area (Å²) in [5, 5.41) is 29.7. The Morgan fingerprint density at radius 1 is 1.39 bits per heavy atom. The molecule has 5 nitrogen and oxygen atoms in total. The SMILES string of the molecule is CCN(CC)C1=NCC([C@H](CO)[C@@H](O)[C@@H](C)O)S1. The van der Waals surface area contributed by atoms with Crippen LogP contribution in [0.5, 0.6) is 0 Å². The summed E-state index contributed by atoms with van der Waals surface area (Å²) < 4.78 is 0. The monoisotopic (exact) mass is 276 g/mol. The molecule has 106 valence electrons. The highest BCUT2D eigenvalue weighted by molar-refractivity contribution is 8.14. The summed E-state index contributed by atoms with van der Waals surface area (Å²) in [4.78, 5) is 6.63. The van der Waals surface area contributed by atoms with Gasteiger partial charge in [-0.3, -0.25) is 4.99 Å². The predicted molar refractivity (Wildman–Crippen MR) is 74.9 cm³/mol. The molecular weight excluding hydrogens is 252 g/mol. The Bertz CT molecular complexity index is 282. The quantitative estimate of drug-likeness (QED) is 0.644. The van der Waals surface area contributed by atoms with Gasteiger partial charge in [-0.25, -0.2) is 0 Å². The smallest absolute Gasteiger partial charge is 0.159 e. The number of aliphatic hydroxyl groups excluding tert-OH is 3. The zero-order chi connectivity index (χ0) is 13.7. The lowest BCUT2D eigenvalue weighted by molar-refractivity contribution is -0.0229. The topological polar surface area (TPSA) is 76.3 Å². The minimum atomic E-state index is -0.904. The Morgan fingerprint density at radius 2 is 2.00 bits per heavy atom. The molecule has 0 aromatic rings. The molecule has 0 fully saturated rings. The van der Waals surface area contributed by atoms with E-state index in [1.54, 1.807) is 18.7 Å². The molecule has 6 heteroatoms. The third kappa shape index (κ3) is 3.60. The van der Waals surface area contributed by atoms with Crippen molar-refractivity contribution in [3.63, 3.8) is 0 Å². The van der Waals surface area contributed by atoms with Crippen LogP contribution in [-0.4, -0.2) is 69.1 Å². The summed E-state index contributed by atoms with van der Waals surface area (Å²) in [6.07, 6.45) is -1.74. The lowest BCUT2D eigenvalue weighted by Gasteiger charge is -2.28. The van der Waals surface area contributed by atoms with Crippen molar-refractivity contribution >= 4 is 16.9 Å². The number of rotatable bonds is 6. The Morgan fingerprint density at radius 3 is 2.44 bits per heavy atom. The first-order chi connectivity index (χ1) is 8.54. The molecule has 0 saturated carbocycles. The summed E-state index contributed by atoms with van der Waals surface area (Å²) in [5.74, 6) is -0.341. The third-order valence-electron chi connectivity index (χ3n) is 3.32. The van der Waals surface area contributed by atoms with Crippen LogP contribution in [-0.2, 0) is 0 Å². The molecule has 0 aliphatic carbocycles. The van der Waals surface area contributed by atoms with Crippen LogP contribution in [0.3, 0.4) is 0 Å². The maximum absolute atomic E-state index is 9.90. The second-order valence-corrected chi connectivity index (χ2v) is 5.74. The van der Waals surface area contributed by atoms with E-state index < -0.39 is 12.2 Å². The zero-order valence-electron chi connectivity index (χ0n) is 11.3. The maximum atomic E-state index is 9.90. The average Bonchev–Trinajstić information content (AvgIpc) is 2.81. The number of aliphatic imine (C=N–C) groups is 1. The van der Waals surface area contributed by atoms with E-state index in [4.69, 9.17) is 0 Å². The minimum Gasteiger partial charge on any atom is -0.396 e. The molecule has 0 aromatic heterocycles. The van der Waals surface area contributed by atoms with Gasteiger partial charge in [0.25, 0.3) is 0 Å². The van der Waals surface area contributed by atoms with E-state index in [0.717, 1.165) is 18.3 Å². The van der Waals surface area contributed by atoms with Gasteiger partial charge in [0.15, 0.2) is 5.17 Å². The van der Waals surface area contributed by atoms with Crippen molar-refractivity contribution in [2.45, 2.75) is 38.2 Å². The van der Waals surface area contributed by atoms with Gasteiger partial charge in [-0.2, -0.15) is 0 Å². The van der Waals surface area contributed by atoms with Crippen molar-refractivity contribution in [3.05, 3.63) is 0 Å². The molecule has 1 heterocycles. The fourth-order valence-electron chi connectivity index (χ4n) is 2.07. The summed E-state index contributed by atoms with van der Waals surface area (Å²) in [7, 11) is 0. The van der Waals surface area contributed by atoms with E-state index in [1.165, 1.54) is 0 Å². The standard InChI is InChI=1S/C12H24N2O3S/c1-4-14(5-2)12-13-6-10(18-12)9(7-15)11(17)8(3)16/h8-11,15-17H,4-7H2,1-3H3/t8-,9+,10?,11+/m1/s1. The highest BCUT2D eigenvalue weighted by atomic mass is 32.2. The number of amidine groups is 1. The third-order valence-corrected chi connectivity index (χ3v) is 4.72. The second kappa shape index (κ2) is 7.33. The van der Waals surface area contributed by atoms with E-state index in [1.807, 2.05) is 0 Å². The van der Waals surface area contributed by atoms with Gasteiger partial charge >= 0.3 is 0 Å². The molecule has 4 atom stereocenters. The van der Waals surface area contributed by atoms with Crippen LogP contribution in [0.4, 0.5) is 0 Å². The van der Waals surface area contributed by atoms with Crippen molar-refractivity contribution in [1.29, 1.82) is 0 Å². The largest absolute Gasteiger partial charge is 0.396 e. The molecule has 0 amide bonds. The van der Waals surface area contributed by atoms with Crippen LogP contribution >= 0.6 is 11.8 Å². The highest BCUT2D eigenvalue weighted by Gasteiger charge is 2.35. The van der Waals surface area contributed by atoms with E-state index >= 15 is 0 Å². The molecule has 3 N–H and O–H groups in total. The molecule has 1 aliphatic rings. The first-order valence-corrected chi connectivity index (χ1v) is 7.36. The van der Waals surface area contributed by atoms with Crippen molar-refractivity contribution in [2.75, 3.05) is 26.2 Å². The fraction of sp³-hybridized carbons (Fsp3) is 0.917. The Labute approximate surface area is 113 Å². The van der Waals surface area contributed by atoms with E-state index in [-0.39, 0.29) is 17.8 Å². The van der Waals surface area contributed by atoms with Crippen molar-refractivity contribution < 1.29 is 15.3 Å². The second-order valence-electron chi connectivity index (χ2n) is 4.53. The van der Waals surface area contributed by atoms with Gasteiger partial charge in [-0.05, 0) is 20.8 Å². The molecule has 18 heavy (non-hydrogen) atoms. The first kappa shape index (κ1) is 15.8. The number of thioether (sulfide) groups is 1. The van der Waals surface area contributed by atoms with Crippen LogP contribution in [0.1, 0.15) is 20.8 Å². The summed E-state index contributed by atoms with van der Waals surface area (Å²) in [5.41, 5.74) is 0. The Hall–Kier alpha value is -0.300.